The van der Waals surface area contributed by atoms with Crippen LogP contribution in [0, 0.1) is 0 Å². The molecule has 0 heterocycles. The Morgan fingerprint density at radius 2 is 1.62 bits per heavy atom. The number of nitrogen functional groups attached to an aromatic ring is 1. The van der Waals surface area contributed by atoms with Crippen LogP contribution < -0.4 is 25.4 Å². The van der Waals surface area contributed by atoms with E-state index >= 15 is 0 Å². The maximum atomic E-state index is 12.0. The molecule has 5 nitrogen and oxygen atoms in total. The summed E-state index contributed by atoms with van der Waals surface area (Å²) in [6.07, 6.45) is 2.72. The third-order valence-electron chi connectivity index (χ3n) is 4.44. The Balaban J connectivity index is 2.43. The number of aryl methyl sites for hydroxylation is 2. The summed E-state index contributed by atoms with van der Waals surface area (Å²) in [5.41, 5.74) is 10.0. The van der Waals surface area contributed by atoms with Gasteiger partial charge in [0, 0.05) is 5.56 Å². The minimum Gasteiger partial charge on any atom is -0.493 e. The van der Waals surface area contributed by atoms with Crippen molar-refractivity contribution in [1.82, 2.24) is 0 Å². The molecule has 2 aromatic rings. The number of rotatable bonds is 3. The van der Waals surface area contributed by atoms with Crippen LogP contribution in [-0.4, -0.2) is 21.3 Å². The van der Waals surface area contributed by atoms with Crippen LogP contribution in [0.15, 0.2) is 29.1 Å². The molecule has 1 aliphatic carbocycles. The zero-order chi connectivity index (χ0) is 17.3. The highest BCUT2D eigenvalue weighted by Gasteiger charge is 2.25. The van der Waals surface area contributed by atoms with Crippen LogP contribution in [0.4, 0.5) is 5.69 Å². The molecule has 0 unspecified atom stereocenters. The van der Waals surface area contributed by atoms with E-state index in [-0.39, 0.29) is 11.1 Å². The van der Waals surface area contributed by atoms with Crippen molar-refractivity contribution in [3.05, 3.63) is 45.6 Å². The molecule has 0 saturated heterocycles. The minimum atomic E-state index is -0.177. The molecule has 0 bridgehead atoms. The van der Waals surface area contributed by atoms with Gasteiger partial charge in [0.05, 0.1) is 27.0 Å². The molecule has 0 radical (unpaired) electrons. The summed E-state index contributed by atoms with van der Waals surface area (Å²) in [7, 11) is 4.79. The highest BCUT2D eigenvalue weighted by Crippen LogP contribution is 2.49. The average molecular weight is 327 g/mol. The van der Waals surface area contributed by atoms with Crippen LogP contribution in [0.25, 0.3) is 11.1 Å². The molecule has 0 aliphatic heterocycles. The smallest absolute Gasteiger partial charge is 0.203 e. The Kier molecular flexibility index (Phi) is 4.34. The standard InChI is InChI=1S/C19H21NO4/c1-22-16-9-12-6-4-5-11-7-8-15(21)14(20)10-13(11)17(12)19(24-3)18(16)23-2/h7-10H,4-6H2,1-3H3,(H2,20,21). The zero-order valence-corrected chi connectivity index (χ0v) is 14.1. The van der Waals surface area contributed by atoms with Crippen molar-refractivity contribution in [2.75, 3.05) is 27.1 Å². The molecule has 3 rings (SSSR count). The SMILES string of the molecule is COc1cc2c(c(OC)c1OC)-c1cc(N)c(=O)ccc1CCC2. The lowest BCUT2D eigenvalue weighted by Gasteiger charge is -2.19. The minimum absolute atomic E-state index is 0.177. The largest absolute Gasteiger partial charge is 0.493 e. The van der Waals surface area contributed by atoms with Gasteiger partial charge in [-0.05, 0) is 54.2 Å². The van der Waals surface area contributed by atoms with Crippen molar-refractivity contribution >= 4 is 5.69 Å². The van der Waals surface area contributed by atoms with Crippen LogP contribution in [0.3, 0.4) is 0 Å². The fourth-order valence-corrected chi connectivity index (χ4v) is 3.30. The fourth-order valence-electron chi connectivity index (χ4n) is 3.30. The van der Waals surface area contributed by atoms with Crippen LogP contribution in [0.1, 0.15) is 17.5 Å². The van der Waals surface area contributed by atoms with Gasteiger partial charge in [0.15, 0.2) is 11.5 Å². The molecule has 0 amide bonds. The molecular weight excluding hydrogens is 306 g/mol. The van der Waals surface area contributed by atoms with Crippen molar-refractivity contribution in [1.29, 1.82) is 0 Å². The van der Waals surface area contributed by atoms with Crippen LogP contribution in [-0.2, 0) is 12.8 Å². The summed E-state index contributed by atoms with van der Waals surface area (Å²) in [5.74, 6) is 1.78. The molecule has 5 heteroatoms. The number of fused-ring (bicyclic) bond motifs is 3. The molecule has 1 aliphatic rings. The predicted molar refractivity (Wildman–Crippen MR) is 94.2 cm³/mol. The first-order valence-electron chi connectivity index (χ1n) is 7.85. The van der Waals surface area contributed by atoms with E-state index in [0.29, 0.717) is 17.2 Å². The zero-order valence-electron chi connectivity index (χ0n) is 14.1. The van der Waals surface area contributed by atoms with Gasteiger partial charge < -0.3 is 19.9 Å². The number of methoxy groups -OCH3 is 3. The third kappa shape index (κ3) is 2.56. The van der Waals surface area contributed by atoms with Gasteiger partial charge in [0.1, 0.15) is 0 Å². The summed E-state index contributed by atoms with van der Waals surface area (Å²) in [4.78, 5) is 12.0. The Morgan fingerprint density at radius 3 is 2.29 bits per heavy atom. The Bertz CT molecular complexity index is 846. The summed E-state index contributed by atoms with van der Waals surface area (Å²) >= 11 is 0. The van der Waals surface area contributed by atoms with E-state index in [1.165, 1.54) is 6.07 Å². The van der Waals surface area contributed by atoms with E-state index < -0.39 is 0 Å². The second kappa shape index (κ2) is 6.43. The van der Waals surface area contributed by atoms with Gasteiger partial charge in [-0.25, -0.2) is 0 Å². The van der Waals surface area contributed by atoms with E-state index in [1.807, 2.05) is 12.1 Å². The van der Waals surface area contributed by atoms with E-state index in [4.69, 9.17) is 19.9 Å². The number of benzene rings is 1. The molecule has 24 heavy (non-hydrogen) atoms. The van der Waals surface area contributed by atoms with Crippen LogP contribution >= 0.6 is 0 Å². The van der Waals surface area contributed by atoms with Gasteiger partial charge in [0.2, 0.25) is 11.2 Å². The molecule has 0 atom stereocenters. The summed E-state index contributed by atoms with van der Waals surface area (Å²) in [6.45, 7) is 0. The molecule has 2 aromatic carbocycles. The second-order valence-corrected chi connectivity index (χ2v) is 5.77. The van der Waals surface area contributed by atoms with Gasteiger partial charge in [-0.3, -0.25) is 4.79 Å². The molecule has 0 spiro atoms. The monoisotopic (exact) mass is 327 g/mol. The van der Waals surface area contributed by atoms with Gasteiger partial charge in [-0.2, -0.15) is 0 Å². The number of anilines is 1. The van der Waals surface area contributed by atoms with E-state index in [0.717, 1.165) is 41.5 Å². The molecule has 126 valence electrons. The predicted octanol–water partition coefficient (Wildman–Crippen LogP) is 2.81. The Hall–Kier alpha value is -2.69. The van der Waals surface area contributed by atoms with Gasteiger partial charge in [-0.15, -0.1) is 0 Å². The Labute approximate surface area is 141 Å². The maximum Gasteiger partial charge on any atom is 0.203 e. The lowest BCUT2D eigenvalue weighted by atomic mass is 9.96. The number of ether oxygens (including phenoxy) is 3. The third-order valence-corrected chi connectivity index (χ3v) is 4.44. The normalized spacial score (nSPS) is 12.6. The number of nitrogens with two attached hydrogens (primary N) is 1. The van der Waals surface area contributed by atoms with Gasteiger partial charge in [-0.1, -0.05) is 6.07 Å². The Morgan fingerprint density at radius 1 is 0.917 bits per heavy atom. The quantitative estimate of drug-likeness (QED) is 0.938. The molecule has 0 fully saturated rings. The summed E-state index contributed by atoms with van der Waals surface area (Å²) in [5, 5.41) is 0. The van der Waals surface area contributed by atoms with E-state index in [9.17, 15) is 4.79 Å². The molecule has 0 saturated carbocycles. The lowest BCUT2D eigenvalue weighted by Crippen LogP contribution is -2.03. The summed E-state index contributed by atoms with van der Waals surface area (Å²) in [6, 6.07) is 7.12. The highest BCUT2D eigenvalue weighted by atomic mass is 16.5. The van der Waals surface area contributed by atoms with Gasteiger partial charge >= 0.3 is 0 Å². The van der Waals surface area contributed by atoms with E-state index in [1.54, 1.807) is 27.4 Å². The van der Waals surface area contributed by atoms with Crippen molar-refractivity contribution in [3.8, 4) is 28.4 Å². The van der Waals surface area contributed by atoms with E-state index in [2.05, 4.69) is 0 Å². The first-order valence-corrected chi connectivity index (χ1v) is 7.85. The maximum absolute atomic E-state index is 12.0. The second-order valence-electron chi connectivity index (χ2n) is 5.77. The van der Waals surface area contributed by atoms with Crippen LogP contribution in [0.5, 0.6) is 17.2 Å². The van der Waals surface area contributed by atoms with Crippen LogP contribution in [0.2, 0.25) is 0 Å². The first kappa shape index (κ1) is 16.2. The topological polar surface area (TPSA) is 70.8 Å². The lowest BCUT2D eigenvalue weighted by molar-refractivity contribution is 0.324. The fraction of sp³-hybridized carbons (Fsp3) is 0.316. The highest BCUT2D eigenvalue weighted by molar-refractivity contribution is 5.83. The van der Waals surface area contributed by atoms with Crippen molar-refractivity contribution in [2.24, 2.45) is 0 Å². The molecule has 2 N–H and O–H groups in total. The van der Waals surface area contributed by atoms with Crippen molar-refractivity contribution < 1.29 is 14.2 Å². The first-order chi connectivity index (χ1) is 11.6. The summed E-state index contributed by atoms with van der Waals surface area (Å²) < 4.78 is 16.6. The molecule has 0 aromatic heterocycles. The average Bonchev–Trinajstić information content (AvgIpc) is 2.84. The number of hydrogen-bond donors (Lipinski definition) is 1. The van der Waals surface area contributed by atoms with Gasteiger partial charge in [0.25, 0.3) is 0 Å². The number of hydrogen-bond acceptors (Lipinski definition) is 5. The molecular formula is C19H21NO4. The van der Waals surface area contributed by atoms with Crippen molar-refractivity contribution in [2.45, 2.75) is 19.3 Å². The van der Waals surface area contributed by atoms with Crippen molar-refractivity contribution in [3.63, 3.8) is 0 Å².